The maximum absolute atomic E-state index is 12.5. The molecule has 0 aliphatic carbocycles. The predicted octanol–water partition coefficient (Wildman–Crippen LogP) is 5.92. The molecule has 3 aromatic rings. The molecule has 1 heterocycles. The van der Waals surface area contributed by atoms with Gasteiger partial charge in [0.15, 0.2) is 17.2 Å². The first-order valence-corrected chi connectivity index (χ1v) is 11.6. The van der Waals surface area contributed by atoms with Gasteiger partial charge in [-0.05, 0) is 55.3 Å². The van der Waals surface area contributed by atoms with Crippen molar-refractivity contribution in [1.82, 2.24) is 0 Å². The van der Waals surface area contributed by atoms with Gasteiger partial charge in [0.05, 0.1) is 23.2 Å². The van der Waals surface area contributed by atoms with E-state index < -0.39 is 10.9 Å². The Kier molecular flexibility index (Phi) is 7.65. The van der Waals surface area contributed by atoms with Gasteiger partial charge in [-0.25, -0.2) is 9.79 Å². The Bertz CT molecular complexity index is 1370. The summed E-state index contributed by atoms with van der Waals surface area (Å²) in [4.78, 5) is 27.3. The third kappa shape index (κ3) is 5.72. The fourth-order valence-corrected chi connectivity index (χ4v) is 3.95. The number of nitro benzene ring substituents is 1. The van der Waals surface area contributed by atoms with Crippen LogP contribution < -0.4 is 9.47 Å². The van der Waals surface area contributed by atoms with Gasteiger partial charge in [-0.1, -0.05) is 41.9 Å². The Morgan fingerprint density at radius 3 is 2.58 bits per heavy atom. The van der Waals surface area contributed by atoms with Crippen molar-refractivity contribution in [3.8, 4) is 11.5 Å². The number of halogens is 1. The number of nitro groups is 1. The number of benzene rings is 3. The van der Waals surface area contributed by atoms with E-state index in [1.807, 2.05) is 37.3 Å². The van der Waals surface area contributed by atoms with Crippen LogP contribution in [0.15, 0.2) is 71.4 Å². The van der Waals surface area contributed by atoms with Crippen molar-refractivity contribution in [2.45, 2.75) is 20.3 Å². The Morgan fingerprint density at radius 1 is 1.11 bits per heavy atom. The lowest BCUT2D eigenvalue weighted by atomic mass is 10.1. The second-order valence-corrected chi connectivity index (χ2v) is 8.35. The molecule has 0 amide bonds. The molecule has 3 aromatic carbocycles. The molecular weight excluding hydrogens is 484 g/mol. The van der Waals surface area contributed by atoms with E-state index in [0.29, 0.717) is 52.8 Å². The molecule has 0 N–H and O–H groups in total. The Morgan fingerprint density at radius 2 is 1.89 bits per heavy atom. The fraction of sp³-hybridized carbons (Fsp3) is 0.185. The molecule has 4 rings (SSSR count). The van der Waals surface area contributed by atoms with E-state index in [4.69, 9.17) is 25.8 Å². The average molecular weight is 507 g/mol. The molecule has 36 heavy (non-hydrogen) atoms. The third-order valence-corrected chi connectivity index (χ3v) is 5.66. The van der Waals surface area contributed by atoms with Gasteiger partial charge in [-0.15, -0.1) is 0 Å². The quantitative estimate of drug-likeness (QED) is 0.154. The molecule has 0 fully saturated rings. The Labute approximate surface area is 212 Å². The zero-order valence-corrected chi connectivity index (χ0v) is 20.4. The van der Waals surface area contributed by atoms with Crippen LogP contribution in [0.4, 0.5) is 5.69 Å². The van der Waals surface area contributed by atoms with E-state index in [-0.39, 0.29) is 17.3 Å². The van der Waals surface area contributed by atoms with Gasteiger partial charge in [0.2, 0.25) is 5.90 Å². The van der Waals surface area contributed by atoms with E-state index in [9.17, 15) is 14.9 Å². The van der Waals surface area contributed by atoms with Crippen LogP contribution in [0.3, 0.4) is 0 Å². The van der Waals surface area contributed by atoms with Crippen LogP contribution in [0, 0.1) is 17.0 Å². The van der Waals surface area contributed by atoms with Gasteiger partial charge in [0, 0.05) is 23.6 Å². The second-order valence-electron chi connectivity index (χ2n) is 7.94. The van der Waals surface area contributed by atoms with Gasteiger partial charge >= 0.3 is 5.97 Å². The first kappa shape index (κ1) is 24.9. The lowest BCUT2D eigenvalue weighted by Crippen LogP contribution is -2.06. The molecule has 184 valence electrons. The minimum atomic E-state index is -0.640. The minimum absolute atomic E-state index is 0.0244. The molecule has 0 atom stereocenters. The molecule has 0 radical (unpaired) electrons. The van der Waals surface area contributed by atoms with Crippen molar-refractivity contribution in [1.29, 1.82) is 0 Å². The second kappa shape index (κ2) is 11.0. The summed E-state index contributed by atoms with van der Waals surface area (Å²) in [6.07, 6.45) is 2.25. The highest BCUT2D eigenvalue weighted by molar-refractivity contribution is 6.32. The summed E-state index contributed by atoms with van der Waals surface area (Å²) in [5, 5.41) is 11.4. The van der Waals surface area contributed by atoms with E-state index in [1.54, 1.807) is 25.1 Å². The predicted molar refractivity (Wildman–Crippen MR) is 137 cm³/mol. The van der Waals surface area contributed by atoms with Crippen molar-refractivity contribution >= 4 is 35.2 Å². The summed E-state index contributed by atoms with van der Waals surface area (Å²) >= 11 is 6.51. The zero-order valence-electron chi connectivity index (χ0n) is 19.7. The number of rotatable bonds is 9. The minimum Gasteiger partial charge on any atom is -0.490 e. The lowest BCUT2D eigenvalue weighted by Gasteiger charge is -2.14. The molecule has 0 aromatic heterocycles. The van der Waals surface area contributed by atoms with Gasteiger partial charge in [0.25, 0.3) is 5.69 Å². The van der Waals surface area contributed by atoms with Crippen molar-refractivity contribution < 1.29 is 23.9 Å². The number of hydrogen-bond donors (Lipinski definition) is 0. The largest absolute Gasteiger partial charge is 0.490 e. The van der Waals surface area contributed by atoms with Crippen LogP contribution in [0.5, 0.6) is 11.5 Å². The number of ether oxygens (including phenoxy) is 3. The maximum atomic E-state index is 12.5. The average Bonchev–Trinajstić information content (AvgIpc) is 3.21. The van der Waals surface area contributed by atoms with Crippen LogP contribution in [0.1, 0.15) is 29.2 Å². The van der Waals surface area contributed by atoms with Gasteiger partial charge in [-0.2, -0.15) is 0 Å². The van der Waals surface area contributed by atoms with Gasteiger partial charge in [-0.3, -0.25) is 10.1 Å². The zero-order chi connectivity index (χ0) is 25.7. The first-order chi connectivity index (χ1) is 17.4. The third-order valence-electron chi connectivity index (χ3n) is 5.38. The van der Waals surface area contributed by atoms with E-state index in [1.165, 1.54) is 18.2 Å². The van der Waals surface area contributed by atoms with Crippen LogP contribution in [-0.2, 0) is 16.0 Å². The van der Waals surface area contributed by atoms with E-state index in [2.05, 4.69) is 4.99 Å². The Balaban J connectivity index is 1.57. The smallest absolute Gasteiger partial charge is 0.363 e. The highest BCUT2D eigenvalue weighted by Gasteiger charge is 2.26. The van der Waals surface area contributed by atoms with E-state index >= 15 is 0 Å². The number of aryl methyl sites for hydroxylation is 1. The number of nitrogens with zero attached hydrogens (tertiary/aromatic N) is 2. The number of cyclic esters (lactones) is 1. The highest BCUT2D eigenvalue weighted by Crippen LogP contribution is 2.38. The van der Waals surface area contributed by atoms with E-state index in [0.717, 1.165) is 5.56 Å². The molecule has 1 aliphatic heterocycles. The van der Waals surface area contributed by atoms with Crippen molar-refractivity contribution in [2.24, 2.45) is 4.99 Å². The molecular formula is C27H23ClN2O6. The van der Waals surface area contributed by atoms with Crippen LogP contribution in [0.25, 0.3) is 6.08 Å². The number of hydrogen-bond acceptors (Lipinski definition) is 7. The topological polar surface area (TPSA) is 100 Å². The fourth-order valence-electron chi connectivity index (χ4n) is 3.67. The molecule has 0 saturated heterocycles. The summed E-state index contributed by atoms with van der Waals surface area (Å²) in [5.41, 5.74) is 2.66. The number of carbonyl (C=O) groups is 1. The number of aliphatic imine (C=N–C) groups is 1. The number of carbonyl (C=O) groups excluding carboxylic acids is 1. The maximum Gasteiger partial charge on any atom is 0.363 e. The summed E-state index contributed by atoms with van der Waals surface area (Å²) < 4.78 is 17.0. The molecule has 8 nitrogen and oxygen atoms in total. The summed E-state index contributed by atoms with van der Waals surface area (Å²) in [5.74, 6) is 0.308. The molecule has 1 aliphatic rings. The highest BCUT2D eigenvalue weighted by atomic mass is 35.5. The van der Waals surface area contributed by atoms with Crippen molar-refractivity contribution in [3.63, 3.8) is 0 Å². The SMILES string of the molecule is CCOc1cc(/C=C2\N=C(c3ccc([N+](=O)[O-])c(C)c3)OC2=O)cc(Cl)c1OCCc1ccccc1. The molecule has 0 saturated carbocycles. The lowest BCUT2D eigenvalue weighted by molar-refractivity contribution is -0.385. The van der Waals surface area contributed by atoms with Crippen LogP contribution >= 0.6 is 11.6 Å². The summed E-state index contributed by atoms with van der Waals surface area (Å²) in [6, 6.07) is 17.7. The first-order valence-electron chi connectivity index (χ1n) is 11.3. The Hall–Kier alpha value is -4.17. The standard InChI is InChI=1S/C27H23ClN2O6/c1-3-34-24-16-19(14-21(28)25(24)35-12-11-18-7-5-4-6-8-18)15-22-27(31)36-26(29-22)20-9-10-23(30(32)33)17(2)13-20/h4-10,13-16H,3,11-12H2,1-2H3/b22-15-. The molecule has 0 unspecified atom stereocenters. The van der Waals surface area contributed by atoms with Crippen molar-refractivity contribution in [3.05, 3.63) is 104 Å². The summed E-state index contributed by atoms with van der Waals surface area (Å²) in [7, 11) is 0. The number of esters is 1. The molecule has 0 spiro atoms. The van der Waals surface area contributed by atoms with Gasteiger partial charge in [0.1, 0.15) is 0 Å². The normalized spacial score (nSPS) is 13.9. The monoisotopic (exact) mass is 506 g/mol. The molecule has 9 heteroatoms. The van der Waals surface area contributed by atoms with Crippen LogP contribution in [-0.4, -0.2) is 30.0 Å². The molecule has 0 bridgehead atoms. The van der Waals surface area contributed by atoms with Crippen LogP contribution in [0.2, 0.25) is 5.02 Å². The summed E-state index contributed by atoms with van der Waals surface area (Å²) in [6.45, 7) is 4.27. The van der Waals surface area contributed by atoms with Gasteiger partial charge < -0.3 is 14.2 Å². The van der Waals surface area contributed by atoms with Crippen molar-refractivity contribution in [2.75, 3.05) is 13.2 Å².